The van der Waals surface area contributed by atoms with Crippen molar-refractivity contribution >= 4 is 17.7 Å². The van der Waals surface area contributed by atoms with Crippen LogP contribution in [-0.2, 0) is 0 Å². The van der Waals surface area contributed by atoms with Crippen LogP contribution in [0.25, 0.3) is 0 Å². The van der Waals surface area contributed by atoms with Gasteiger partial charge in [0.15, 0.2) is 0 Å². The van der Waals surface area contributed by atoms with Crippen LogP contribution >= 0.6 is 0 Å². The molecule has 21 heavy (non-hydrogen) atoms. The summed E-state index contributed by atoms with van der Waals surface area (Å²) in [6.45, 7) is 1.73. The van der Waals surface area contributed by atoms with E-state index in [-0.39, 0.29) is 17.3 Å². The van der Waals surface area contributed by atoms with Crippen LogP contribution in [0, 0.1) is 5.82 Å². The summed E-state index contributed by atoms with van der Waals surface area (Å²) < 4.78 is 13.6. The van der Waals surface area contributed by atoms with E-state index in [1.54, 1.807) is 19.3 Å². The number of aromatic carboxylic acids is 1. The lowest BCUT2D eigenvalue weighted by Crippen LogP contribution is -2.31. The van der Waals surface area contributed by atoms with Crippen LogP contribution in [0.15, 0.2) is 30.6 Å². The first-order valence-corrected chi connectivity index (χ1v) is 6.06. The van der Waals surface area contributed by atoms with E-state index in [0.29, 0.717) is 0 Å². The SMILES string of the molecule is CC(NC(=O)Nc1cc(C(=O)O)ccc1F)c1cn[nH]c1. The van der Waals surface area contributed by atoms with E-state index >= 15 is 0 Å². The molecule has 110 valence electrons. The molecule has 0 aliphatic carbocycles. The van der Waals surface area contributed by atoms with E-state index in [4.69, 9.17) is 5.11 Å². The fraction of sp³-hybridized carbons (Fsp3) is 0.154. The van der Waals surface area contributed by atoms with Crippen LogP contribution in [-0.4, -0.2) is 27.3 Å². The topological polar surface area (TPSA) is 107 Å². The monoisotopic (exact) mass is 292 g/mol. The highest BCUT2D eigenvalue weighted by Gasteiger charge is 2.14. The second-order valence-electron chi connectivity index (χ2n) is 4.35. The molecule has 0 bridgehead atoms. The number of nitrogens with one attached hydrogen (secondary N) is 3. The van der Waals surface area contributed by atoms with Crippen LogP contribution in [0.3, 0.4) is 0 Å². The Morgan fingerprint density at radius 1 is 1.43 bits per heavy atom. The third-order valence-electron chi connectivity index (χ3n) is 2.83. The first-order valence-electron chi connectivity index (χ1n) is 6.06. The van der Waals surface area contributed by atoms with Crippen molar-refractivity contribution in [1.82, 2.24) is 15.5 Å². The standard InChI is InChI=1S/C13H13FN4O3/c1-7(9-5-15-16-6-9)17-13(21)18-11-4-8(12(19)20)2-3-10(11)14/h2-7H,1H3,(H,15,16)(H,19,20)(H2,17,18,21). The molecule has 0 saturated heterocycles. The minimum absolute atomic E-state index is 0.116. The number of hydrogen-bond donors (Lipinski definition) is 4. The van der Waals surface area contributed by atoms with Crippen LogP contribution in [0.5, 0.6) is 0 Å². The highest BCUT2D eigenvalue weighted by molar-refractivity contribution is 5.93. The van der Waals surface area contributed by atoms with E-state index in [0.717, 1.165) is 23.8 Å². The van der Waals surface area contributed by atoms with Crippen molar-refractivity contribution in [3.8, 4) is 0 Å². The van der Waals surface area contributed by atoms with Crippen molar-refractivity contribution in [3.05, 3.63) is 47.5 Å². The second-order valence-corrected chi connectivity index (χ2v) is 4.35. The summed E-state index contributed by atoms with van der Waals surface area (Å²) in [5.74, 6) is -1.92. The number of urea groups is 1. The van der Waals surface area contributed by atoms with Gasteiger partial charge in [-0.15, -0.1) is 0 Å². The molecule has 1 heterocycles. The van der Waals surface area contributed by atoms with E-state index in [2.05, 4.69) is 20.8 Å². The third kappa shape index (κ3) is 3.56. The van der Waals surface area contributed by atoms with E-state index < -0.39 is 17.8 Å². The second kappa shape index (κ2) is 6.04. The minimum Gasteiger partial charge on any atom is -0.478 e. The normalized spacial score (nSPS) is 11.7. The van der Waals surface area contributed by atoms with Gasteiger partial charge in [0.1, 0.15) is 5.82 Å². The van der Waals surface area contributed by atoms with Crippen molar-refractivity contribution < 1.29 is 19.1 Å². The molecular weight excluding hydrogens is 279 g/mol. The number of carboxylic acids is 1. The van der Waals surface area contributed by atoms with Gasteiger partial charge < -0.3 is 15.7 Å². The molecule has 7 nitrogen and oxygen atoms in total. The van der Waals surface area contributed by atoms with Crippen LogP contribution in [0.2, 0.25) is 0 Å². The molecule has 8 heteroatoms. The maximum atomic E-state index is 13.6. The van der Waals surface area contributed by atoms with E-state index in [1.165, 1.54) is 0 Å². The number of carbonyl (C=O) groups is 2. The number of anilines is 1. The van der Waals surface area contributed by atoms with Gasteiger partial charge in [-0.3, -0.25) is 5.10 Å². The average molecular weight is 292 g/mol. The fourth-order valence-electron chi connectivity index (χ4n) is 1.69. The zero-order valence-corrected chi connectivity index (χ0v) is 11.1. The number of aromatic amines is 1. The molecule has 1 aromatic carbocycles. The lowest BCUT2D eigenvalue weighted by molar-refractivity contribution is 0.0697. The number of carboxylic acid groups (broad SMARTS) is 1. The number of benzene rings is 1. The minimum atomic E-state index is -1.20. The summed E-state index contributed by atoms with van der Waals surface area (Å²) in [6, 6.07) is 2.17. The zero-order chi connectivity index (χ0) is 15.4. The number of aromatic nitrogens is 2. The Hall–Kier alpha value is -2.90. The van der Waals surface area contributed by atoms with E-state index in [9.17, 15) is 14.0 Å². The summed E-state index contributed by atoms with van der Waals surface area (Å²) in [5, 5.41) is 20.1. The summed E-state index contributed by atoms with van der Waals surface area (Å²) in [7, 11) is 0. The number of amides is 2. The summed E-state index contributed by atoms with van der Waals surface area (Å²) in [5.41, 5.74) is 0.436. The molecular formula is C13H13FN4O3. The Morgan fingerprint density at radius 2 is 2.19 bits per heavy atom. The largest absolute Gasteiger partial charge is 0.478 e. The summed E-state index contributed by atoms with van der Waals surface area (Å²) in [6.07, 6.45) is 3.17. The quantitative estimate of drug-likeness (QED) is 0.692. The van der Waals surface area contributed by atoms with Gasteiger partial charge in [-0.25, -0.2) is 14.0 Å². The van der Waals surface area contributed by atoms with Crippen LogP contribution < -0.4 is 10.6 Å². The molecule has 1 aromatic heterocycles. The predicted molar refractivity (Wildman–Crippen MR) is 72.5 cm³/mol. The van der Waals surface area contributed by atoms with Gasteiger partial charge in [-0.1, -0.05) is 0 Å². The molecule has 1 atom stereocenters. The molecule has 0 radical (unpaired) electrons. The van der Waals surface area contributed by atoms with Gasteiger partial charge >= 0.3 is 12.0 Å². The first-order chi connectivity index (χ1) is 9.97. The van der Waals surface area contributed by atoms with Crippen molar-refractivity contribution in [3.63, 3.8) is 0 Å². The Bertz CT molecular complexity index is 657. The molecule has 2 aromatic rings. The lowest BCUT2D eigenvalue weighted by atomic mass is 10.2. The average Bonchev–Trinajstić information content (AvgIpc) is 2.95. The van der Waals surface area contributed by atoms with Crippen LogP contribution in [0.4, 0.5) is 14.9 Å². The Balaban J connectivity index is 2.05. The predicted octanol–water partition coefficient (Wildman–Crippen LogP) is 2.13. The highest BCUT2D eigenvalue weighted by atomic mass is 19.1. The molecule has 2 rings (SSSR count). The maximum Gasteiger partial charge on any atom is 0.335 e. The number of nitrogens with zero attached hydrogens (tertiary/aromatic N) is 1. The van der Waals surface area contributed by atoms with Crippen LogP contribution in [0.1, 0.15) is 28.9 Å². The molecule has 0 aliphatic rings. The molecule has 0 fully saturated rings. The molecule has 0 saturated carbocycles. The highest BCUT2D eigenvalue weighted by Crippen LogP contribution is 2.17. The fourth-order valence-corrected chi connectivity index (χ4v) is 1.69. The summed E-state index contributed by atoms with van der Waals surface area (Å²) >= 11 is 0. The van der Waals surface area contributed by atoms with Crippen molar-refractivity contribution in [2.45, 2.75) is 13.0 Å². The number of H-pyrrole nitrogens is 1. The van der Waals surface area contributed by atoms with Crippen molar-refractivity contribution in [2.24, 2.45) is 0 Å². The number of carbonyl (C=O) groups excluding carboxylic acids is 1. The molecule has 1 unspecified atom stereocenters. The van der Waals surface area contributed by atoms with Gasteiger partial charge in [0.05, 0.1) is 23.5 Å². The van der Waals surface area contributed by atoms with Gasteiger partial charge in [0.2, 0.25) is 0 Å². The molecule has 2 amide bonds. The van der Waals surface area contributed by atoms with E-state index in [1.807, 2.05) is 0 Å². The summed E-state index contributed by atoms with van der Waals surface area (Å²) in [4.78, 5) is 22.6. The lowest BCUT2D eigenvalue weighted by Gasteiger charge is -2.13. The third-order valence-corrected chi connectivity index (χ3v) is 2.83. The molecule has 0 spiro atoms. The number of halogens is 1. The van der Waals surface area contributed by atoms with Crippen molar-refractivity contribution in [2.75, 3.05) is 5.32 Å². The smallest absolute Gasteiger partial charge is 0.335 e. The Morgan fingerprint density at radius 3 is 2.81 bits per heavy atom. The van der Waals surface area contributed by atoms with Gasteiger partial charge in [0, 0.05) is 11.8 Å². The van der Waals surface area contributed by atoms with Gasteiger partial charge in [-0.05, 0) is 25.1 Å². The number of rotatable bonds is 4. The number of hydrogen-bond acceptors (Lipinski definition) is 3. The van der Waals surface area contributed by atoms with Gasteiger partial charge in [-0.2, -0.15) is 5.10 Å². The maximum absolute atomic E-state index is 13.6. The molecule has 0 aliphatic heterocycles. The zero-order valence-electron chi connectivity index (χ0n) is 11.1. The first kappa shape index (κ1) is 14.5. The Kier molecular flexibility index (Phi) is 4.17. The molecule has 4 N–H and O–H groups in total. The Labute approximate surface area is 119 Å². The van der Waals surface area contributed by atoms with Gasteiger partial charge in [0.25, 0.3) is 0 Å². The van der Waals surface area contributed by atoms with Crippen molar-refractivity contribution in [1.29, 1.82) is 0 Å².